The number of halogens is 1. The van der Waals surface area contributed by atoms with E-state index in [0.717, 1.165) is 43.0 Å². The summed E-state index contributed by atoms with van der Waals surface area (Å²) in [5, 5.41) is 0. The predicted octanol–water partition coefficient (Wildman–Crippen LogP) is 2.54. The molecule has 22 heavy (non-hydrogen) atoms. The van der Waals surface area contributed by atoms with Gasteiger partial charge in [0.2, 0.25) is 0 Å². The average Bonchev–Trinajstić information content (AvgIpc) is 3.11. The SMILES string of the molecule is CN=C1N(C)CN(Cc2ccco2)CN1Cc1cnc(Cl)s1. The summed E-state index contributed by atoms with van der Waals surface area (Å²) >= 11 is 7.43. The van der Waals surface area contributed by atoms with E-state index in [1.165, 1.54) is 11.3 Å². The van der Waals surface area contributed by atoms with Crippen LogP contribution in [0.4, 0.5) is 0 Å². The van der Waals surface area contributed by atoms with E-state index in [4.69, 9.17) is 16.0 Å². The highest BCUT2D eigenvalue weighted by Gasteiger charge is 2.26. The molecule has 118 valence electrons. The molecule has 3 rings (SSSR count). The van der Waals surface area contributed by atoms with E-state index in [1.54, 1.807) is 6.26 Å². The number of aliphatic imine (C=N–C) groups is 1. The summed E-state index contributed by atoms with van der Waals surface area (Å²) < 4.78 is 6.02. The first kappa shape index (κ1) is 15.3. The highest BCUT2D eigenvalue weighted by Crippen LogP contribution is 2.22. The number of hydrogen-bond donors (Lipinski definition) is 0. The van der Waals surface area contributed by atoms with Crippen LogP contribution in [0.25, 0.3) is 0 Å². The van der Waals surface area contributed by atoms with E-state index in [-0.39, 0.29) is 0 Å². The summed E-state index contributed by atoms with van der Waals surface area (Å²) in [6.07, 6.45) is 3.53. The van der Waals surface area contributed by atoms with Crippen molar-refractivity contribution >= 4 is 28.9 Å². The fourth-order valence-corrected chi connectivity index (χ4v) is 3.65. The van der Waals surface area contributed by atoms with Gasteiger partial charge in [-0.25, -0.2) is 4.98 Å². The topological polar surface area (TPSA) is 48.1 Å². The predicted molar refractivity (Wildman–Crippen MR) is 87.8 cm³/mol. The number of thiazole rings is 1. The second-order valence-corrected chi connectivity index (χ2v) is 6.89. The van der Waals surface area contributed by atoms with Crippen molar-refractivity contribution < 1.29 is 4.42 Å². The molecule has 1 fully saturated rings. The number of hydrogen-bond acceptors (Lipinski definition) is 5. The average molecular weight is 340 g/mol. The molecule has 0 radical (unpaired) electrons. The molecule has 0 aliphatic carbocycles. The Balaban J connectivity index is 1.72. The Morgan fingerprint density at radius 1 is 1.41 bits per heavy atom. The monoisotopic (exact) mass is 339 g/mol. The normalized spacial score (nSPS) is 18.4. The number of furan rings is 1. The van der Waals surface area contributed by atoms with Crippen molar-refractivity contribution in [1.82, 2.24) is 19.7 Å². The van der Waals surface area contributed by atoms with Crippen molar-refractivity contribution in [2.24, 2.45) is 4.99 Å². The fraction of sp³-hybridized carbons (Fsp3) is 0.429. The van der Waals surface area contributed by atoms with E-state index in [2.05, 4.69) is 24.7 Å². The third-order valence-electron chi connectivity index (χ3n) is 3.44. The number of rotatable bonds is 4. The lowest BCUT2D eigenvalue weighted by Gasteiger charge is -2.42. The van der Waals surface area contributed by atoms with Crippen LogP contribution in [0.2, 0.25) is 4.47 Å². The Labute approximate surface area is 138 Å². The van der Waals surface area contributed by atoms with E-state index >= 15 is 0 Å². The lowest BCUT2D eigenvalue weighted by Crippen LogP contribution is -2.56. The van der Waals surface area contributed by atoms with E-state index in [9.17, 15) is 0 Å². The van der Waals surface area contributed by atoms with Gasteiger partial charge in [-0.1, -0.05) is 11.6 Å². The van der Waals surface area contributed by atoms with Crippen molar-refractivity contribution in [3.63, 3.8) is 0 Å². The zero-order chi connectivity index (χ0) is 15.5. The minimum Gasteiger partial charge on any atom is -0.468 e. The van der Waals surface area contributed by atoms with Crippen LogP contribution in [0.1, 0.15) is 10.6 Å². The third-order valence-corrected chi connectivity index (χ3v) is 4.54. The molecular weight excluding hydrogens is 322 g/mol. The molecule has 0 aromatic carbocycles. The molecule has 6 nitrogen and oxygen atoms in total. The second-order valence-electron chi connectivity index (χ2n) is 5.19. The second kappa shape index (κ2) is 6.68. The first-order valence-corrected chi connectivity index (χ1v) is 8.13. The van der Waals surface area contributed by atoms with Gasteiger partial charge in [0.25, 0.3) is 0 Å². The fourth-order valence-electron chi connectivity index (χ4n) is 2.65. The van der Waals surface area contributed by atoms with Gasteiger partial charge in [-0.15, -0.1) is 11.3 Å². The summed E-state index contributed by atoms with van der Waals surface area (Å²) in [6, 6.07) is 3.91. The summed E-state index contributed by atoms with van der Waals surface area (Å²) in [4.78, 5) is 16.3. The molecule has 2 aromatic rings. The minimum atomic E-state index is 0.572. The van der Waals surface area contributed by atoms with Crippen LogP contribution < -0.4 is 0 Å². The standard InChI is InChI=1S/C14H18ClN5OS/c1-16-14-18(2)9-19(7-11-4-3-5-21-11)10-20(14)8-12-6-17-13(15)22-12/h3-6H,7-10H2,1-2H3. The van der Waals surface area contributed by atoms with Crippen LogP contribution in [0.3, 0.4) is 0 Å². The molecule has 0 amide bonds. The van der Waals surface area contributed by atoms with Gasteiger partial charge in [0, 0.05) is 25.2 Å². The maximum atomic E-state index is 5.93. The first-order chi connectivity index (χ1) is 10.7. The smallest absolute Gasteiger partial charge is 0.198 e. The summed E-state index contributed by atoms with van der Waals surface area (Å²) in [6.45, 7) is 3.12. The maximum Gasteiger partial charge on any atom is 0.198 e. The van der Waals surface area contributed by atoms with Crippen molar-refractivity contribution in [2.45, 2.75) is 13.1 Å². The lowest BCUT2D eigenvalue weighted by molar-refractivity contribution is 0.0746. The molecule has 0 saturated carbocycles. The zero-order valence-corrected chi connectivity index (χ0v) is 14.1. The Hall–Kier alpha value is -1.57. The molecule has 0 unspecified atom stereocenters. The van der Waals surface area contributed by atoms with E-state index in [0.29, 0.717) is 4.47 Å². The first-order valence-electron chi connectivity index (χ1n) is 6.93. The molecule has 1 saturated heterocycles. The Kier molecular flexibility index (Phi) is 4.66. The van der Waals surface area contributed by atoms with E-state index < -0.39 is 0 Å². The molecule has 0 N–H and O–H groups in total. The van der Waals surface area contributed by atoms with Crippen molar-refractivity contribution in [1.29, 1.82) is 0 Å². The largest absolute Gasteiger partial charge is 0.468 e. The molecule has 0 spiro atoms. The highest BCUT2D eigenvalue weighted by atomic mass is 35.5. The molecule has 1 aliphatic rings. The number of guanidine groups is 1. The van der Waals surface area contributed by atoms with Crippen LogP contribution in [0.5, 0.6) is 0 Å². The van der Waals surface area contributed by atoms with Crippen LogP contribution in [-0.4, -0.2) is 53.1 Å². The number of nitrogens with zero attached hydrogens (tertiary/aromatic N) is 5. The Morgan fingerprint density at radius 3 is 2.91 bits per heavy atom. The van der Waals surface area contributed by atoms with Crippen LogP contribution in [-0.2, 0) is 13.1 Å². The molecule has 3 heterocycles. The van der Waals surface area contributed by atoms with Crippen LogP contribution in [0, 0.1) is 0 Å². The molecule has 0 bridgehead atoms. The lowest BCUT2D eigenvalue weighted by atomic mass is 10.3. The van der Waals surface area contributed by atoms with Crippen LogP contribution in [0.15, 0.2) is 34.0 Å². The Morgan fingerprint density at radius 2 is 2.27 bits per heavy atom. The van der Waals surface area contributed by atoms with Gasteiger partial charge in [-0.2, -0.15) is 0 Å². The van der Waals surface area contributed by atoms with Gasteiger partial charge in [-0.3, -0.25) is 9.89 Å². The van der Waals surface area contributed by atoms with Crippen molar-refractivity contribution in [2.75, 3.05) is 27.4 Å². The minimum absolute atomic E-state index is 0.572. The van der Waals surface area contributed by atoms with E-state index in [1.807, 2.05) is 32.4 Å². The maximum absolute atomic E-state index is 5.93. The quantitative estimate of drug-likeness (QED) is 0.856. The summed E-state index contributed by atoms with van der Waals surface area (Å²) in [7, 11) is 3.87. The third kappa shape index (κ3) is 3.43. The molecule has 2 aromatic heterocycles. The Bertz CT molecular complexity index is 641. The van der Waals surface area contributed by atoms with Crippen LogP contribution >= 0.6 is 22.9 Å². The summed E-state index contributed by atoms with van der Waals surface area (Å²) in [5.74, 6) is 1.94. The summed E-state index contributed by atoms with van der Waals surface area (Å²) in [5.41, 5.74) is 0. The number of aromatic nitrogens is 1. The van der Waals surface area contributed by atoms with Crippen molar-refractivity contribution in [3.8, 4) is 0 Å². The zero-order valence-electron chi connectivity index (χ0n) is 12.6. The van der Waals surface area contributed by atoms with Gasteiger partial charge < -0.3 is 14.2 Å². The van der Waals surface area contributed by atoms with Gasteiger partial charge in [0.15, 0.2) is 10.4 Å². The van der Waals surface area contributed by atoms with Gasteiger partial charge in [-0.05, 0) is 12.1 Å². The van der Waals surface area contributed by atoms with Gasteiger partial charge in [0.1, 0.15) is 5.76 Å². The molecule has 0 atom stereocenters. The molecule has 8 heteroatoms. The molecular formula is C14H18ClN5OS. The van der Waals surface area contributed by atoms with Gasteiger partial charge in [0.05, 0.1) is 32.7 Å². The molecule has 1 aliphatic heterocycles. The van der Waals surface area contributed by atoms with Crippen molar-refractivity contribution in [3.05, 3.63) is 39.7 Å². The van der Waals surface area contributed by atoms with Gasteiger partial charge >= 0.3 is 0 Å². The highest BCUT2D eigenvalue weighted by molar-refractivity contribution is 7.15.